The van der Waals surface area contributed by atoms with E-state index < -0.39 is 0 Å². The van der Waals surface area contributed by atoms with Crippen LogP contribution in [-0.2, 0) is 11.2 Å². The van der Waals surface area contributed by atoms with E-state index in [1.165, 1.54) is 29.0 Å². The Bertz CT molecular complexity index is 1440. The van der Waals surface area contributed by atoms with Crippen LogP contribution in [0.5, 0.6) is 5.75 Å². The Morgan fingerprint density at radius 1 is 0.977 bits per heavy atom. The van der Waals surface area contributed by atoms with Crippen molar-refractivity contribution in [1.82, 2.24) is 14.9 Å². The Morgan fingerprint density at radius 3 is 2.50 bits per heavy atom. The Kier molecular flexibility index (Phi) is 9.68. The van der Waals surface area contributed by atoms with Crippen molar-refractivity contribution in [2.24, 2.45) is 0 Å². The number of aryl methyl sites for hydroxylation is 1. The quantitative estimate of drug-likeness (QED) is 0.211. The van der Waals surface area contributed by atoms with Crippen LogP contribution < -0.4 is 25.6 Å². The molecule has 1 aromatic heterocycles. The van der Waals surface area contributed by atoms with E-state index in [-0.39, 0.29) is 6.10 Å². The molecule has 0 radical (unpaired) electrons. The third-order valence-electron chi connectivity index (χ3n) is 8.45. The molecule has 3 aliphatic rings. The highest BCUT2D eigenvalue weighted by Crippen LogP contribution is 2.39. The molecule has 236 valence electrons. The number of morpholine rings is 1. The summed E-state index contributed by atoms with van der Waals surface area (Å²) in [4.78, 5) is 16.2. The second-order valence-corrected chi connectivity index (χ2v) is 14.1. The molecule has 0 bridgehead atoms. The third-order valence-corrected chi connectivity index (χ3v) is 9.53. The van der Waals surface area contributed by atoms with E-state index in [0.29, 0.717) is 17.2 Å². The van der Waals surface area contributed by atoms with Crippen molar-refractivity contribution in [2.45, 2.75) is 76.2 Å². The number of rotatable bonds is 10. The molecule has 44 heavy (non-hydrogen) atoms. The van der Waals surface area contributed by atoms with Gasteiger partial charge in [0.25, 0.3) is 0 Å². The summed E-state index contributed by atoms with van der Waals surface area (Å²) in [6, 6.07) is 13.5. The highest BCUT2D eigenvalue weighted by atomic mass is 32.2. The molecule has 0 amide bonds. The van der Waals surface area contributed by atoms with Crippen LogP contribution in [0.15, 0.2) is 41.3 Å². The van der Waals surface area contributed by atoms with Crippen LogP contribution in [0.25, 0.3) is 0 Å². The summed E-state index contributed by atoms with van der Waals surface area (Å²) in [6.07, 6.45) is 3.26. The molecule has 9 nitrogen and oxygen atoms in total. The predicted octanol–water partition coefficient (Wildman–Crippen LogP) is 6.83. The molecule has 3 N–H and O–H groups in total. The van der Waals surface area contributed by atoms with Crippen LogP contribution >= 0.6 is 11.8 Å². The topological polar surface area (TPSA) is 86.8 Å². The minimum atomic E-state index is 0.0351. The maximum Gasteiger partial charge on any atom is 0.231 e. The molecule has 3 aromatic rings. The number of anilines is 6. The third kappa shape index (κ3) is 7.19. The second kappa shape index (κ2) is 13.8. The molecule has 0 unspecified atom stereocenters. The number of benzene rings is 2. The fourth-order valence-electron chi connectivity index (χ4n) is 6.39. The number of ether oxygens (including phenoxy) is 2. The van der Waals surface area contributed by atoms with Crippen molar-refractivity contribution in [2.75, 3.05) is 66.8 Å². The van der Waals surface area contributed by atoms with Gasteiger partial charge in [-0.3, -0.25) is 4.90 Å². The molecule has 0 spiro atoms. The molecule has 0 aliphatic carbocycles. The van der Waals surface area contributed by atoms with Gasteiger partial charge in [0.15, 0.2) is 0 Å². The molecule has 10 heteroatoms. The average molecular weight is 618 g/mol. The lowest BCUT2D eigenvalue weighted by atomic mass is 10.0. The molecule has 6 rings (SSSR count). The minimum Gasteiger partial charge on any atom is -0.489 e. The molecule has 2 aromatic carbocycles. The van der Waals surface area contributed by atoms with Crippen LogP contribution in [0.4, 0.5) is 34.6 Å². The van der Waals surface area contributed by atoms with Gasteiger partial charge in [-0.2, -0.15) is 9.97 Å². The first-order valence-corrected chi connectivity index (χ1v) is 17.0. The van der Waals surface area contributed by atoms with Gasteiger partial charge >= 0.3 is 0 Å². The number of piperidine rings is 1. The fraction of sp³-hybridized carbons (Fsp3) is 0.529. The van der Waals surface area contributed by atoms with Crippen LogP contribution in [0, 0.1) is 6.92 Å². The van der Waals surface area contributed by atoms with E-state index in [1.54, 1.807) is 0 Å². The van der Waals surface area contributed by atoms with Gasteiger partial charge in [-0.25, -0.2) is 0 Å². The Morgan fingerprint density at radius 2 is 1.75 bits per heavy atom. The number of thioether (sulfide) groups is 1. The molecule has 3 aliphatic heterocycles. The molecule has 4 heterocycles. The summed E-state index contributed by atoms with van der Waals surface area (Å²) in [7, 11) is 0. The normalized spacial score (nSPS) is 17.6. The van der Waals surface area contributed by atoms with Crippen molar-refractivity contribution in [3.63, 3.8) is 0 Å². The number of fused-ring (bicyclic) bond motifs is 1. The second-order valence-electron chi connectivity index (χ2n) is 12.5. The van der Waals surface area contributed by atoms with Gasteiger partial charge < -0.3 is 30.3 Å². The standard InChI is InChI=1S/C34H47N7O2S/c1-22(2)43-30-21-29(41-14-11-25(12-15-41)40-16-18-42-19-17-40)24(5)20-28(30)37-34-38-32-26(10-13-35-32)33(39-34)36-27-8-6-7-9-31(27)44-23(3)4/h6-9,20-23,25H,10-19H2,1-5H3,(H3,35,36,37,38,39). The van der Waals surface area contributed by atoms with Gasteiger partial charge in [0.05, 0.1) is 30.7 Å². The largest absolute Gasteiger partial charge is 0.489 e. The zero-order chi connectivity index (χ0) is 30.6. The lowest BCUT2D eigenvalue weighted by molar-refractivity contribution is 0.0115. The summed E-state index contributed by atoms with van der Waals surface area (Å²) in [5.41, 5.74) is 5.51. The summed E-state index contributed by atoms with van der Waals surface area (Å²) >= 11 is 1.85. The maximum atomic E-state index is 6.39. The van der Waals surface area contributed by atoms with Crippen LogP contribution in [-0.4, -0.2) is 78.2 Å². The van der Waals surface area contributed by atoms with E-state index in [2.05, 4.69) is 96.8 Å². The van der Waals surface area contributed by atoms with E-state index in [1.807, 2.05) is 11.8 Å². The summed E-state index contributed by atoms with van der Waals surface area (Å²) < 4.78 is 12.0. The Hall–Kier alpha value is -3.21. The first-order chi connectivity index (χ1) is 21.3. The van der Waals surface area contributed by atoms with Crippen LogP contribution in [0.1, 0.15) is 51.7 Å². The van der Waals surface area contributed by atoms with E-state index >= 15 is 0 Å². The fourth-order valence-corrected chi connectivity index (χ4v) is 7.30. The summed E-state index contributed by atoms with van der Waals surface area (Å²) in [5, 5.41) is 11.1. The predicted molar refractivity (Wildman–Crippen MR) is 183 cm³/mol. The first kappa shape index (κ1) is 30.8. The van der Waals surface area contributed by atoms with E-state index in [0.717, 1.165) is 86.7 Å². The van der Waals surface area contributed by atoms with Gasteiger partial charge in [0.1, 0.15) is 17.4 Å². The molecule has 0 atom stereocenters. The summed E-state index contributed by atoms with van der Waals surface area (Å²) in [5.74, 6) is 3.08. The zero-order valence-electron chi connectivity index (χ0n) is 26.8. The van der Waals surface area contributed by atoms with Crippen molar-refractivity contribution >= 4 is 46.4 Å². The van der Waals surface area contributed by atoms with Crippen LogP contribution in [0.2, 0.25) is 0 Å². The van der Waals surface area contributed by atoms with Gasteiger partial charge in [-0.1, -0.05) is 26.0 Å². The molecule has 2 fully saturated rings. The molecule has 0 saturated carbocycles. The monoisotopic (exact) mass is 617 g/mol. The SMILES string of the molecule is Cc1cc(Nc2nc3c(c(Nc4ccccc4SC(C)C)n2)CCN3)c(OC(C)C)cc1N1CCC(N2CCOCC2)CC1. The average Bonchev–Trinajstić information content (AvgIpc) is 3.49. The summed E-state index contributed by atoms with van der Waals surface area (Å²) in [6.45, 7) is 17.5. The number of hydrogen-bond donors (Lipinski definition) is 3. The van der Waals surface area contributed by atoms with Crippen molar-refractivity contribution in [1.29, 1.82) is 0 Å². The highest BCUT2D eigenvalue weighted by molar-refractivity contribution is 8.00. The lowest BCUT2D eigenvalue weighted by Gasteiger charge is -2.41. The van der Waals surface area contributed by atoms with Gasteiger partial charge in [-0.05, 0) is 63.8 Å². The highest BCUT2D eigenvalue weighted by Gasteiger charge is 2.27. The van der Waals surface area contributed by atoms with Gasteiger partial charge in [-0.15, -0.1) is 11.8 Å². The maximum absolute atomic E-state index is 6.39. The van der Waals surface area contributed by atoms with Crippen molar-refractivity contribution < 1.29 is 9.47 Å². The Balaban J connectivity index is 1.25. The molecular formula is C34H47N7O2S. The Labute approximate surface area is 266 Å². The molecule has 2 saturated heterocycles. The lowest BCUT2D eigenvalue weighted by Crippen LogP contribution is -2.49. The number of nitrogens with zero attached hydrogens (tertiary/aromatic N) is 4. The number of nitrogens with one attached hydrogen (secondary N) is 3. The van der Waals surface area contributed by atoms with Gasteiger partial charge in [0, 0.05) is 66.2 Å². The zero-order valence-corrected chi connectivity index (χ0v) is 27.6. The van der Waals surface area contributed by atoms with Gasteiger partial charge in [0.2, 0.25) is 5.95 Å². The van der Waals surface area contributed by atoms with E-state index in [9.17, 15) is 0 Å². The van der Waals surface area contributed by atoms with Crippen molar-refractivity contribution in [3.8, 4) is 5.75 Å². The van der Waals surface area contributed by atoms with Crippen LogP contribution in [0.3, 0.4) is 0 Å². The number of para-hydroxylation sites is 1. The first-order valence-electron chi connectivity index (χ1n) is 16.2. The smallest absolute Gasteiger partial charge is 0.231 e. The number of hydrogen-bond acceptors (Lipinski definition) is 10. The number of aromatic nitrogens is 2. The minimum absolute atomic E-state index is 0.0351. The van der Waals surface area contributed by atoms with E-state index in [4.69, 9.17) is 19.4 Å². The molecular weight excluding hydrogens is 570 g/mol. The van der Waals surface area contributed by atoms with Crippen molar-refractivity contribution in [3.05, 3.63) is 47.5 Å².